The third-order valence-electron chi connectivity index (χ3n) is 3.80. The molecule has 0 aliphatic heterocycles. The van der Waals surface area contributed by atoms with Gasteiger partial charge >= 0.3 is 5.97 Å². The zero-order valence-corrected chi connectivity index (χ0v) is 13.8. The number of aromatic nitrogens is 1. The predicted molar refractivity (Wildman–Crippen MR) is 97.3 cm³/mol. The molecule has 0 aliphatic carbocycles. The Bertz CT molecular complexity index is 927. The number of para-hydroxylation sites is 1. The van der Waals surface area contributed by atoms with Gasteiger partial charge in [0.2, 0.25) is 0 Å². The molecule has 2 amide bonds. The number of anilines is 1. The van der Waals surface area contributed by atoms with Crippen LogP contribution in [-0.4, -0.2) is 34.4 Å². The van der Waals surface area contributed by atoms with E-state index in [1.807, 2.05) is 24.3 Å². The predicted octanol–water partition coefficient (Wildman–Crippen LogP) is 2.62. The van der Waals surface area contributed by atoms with Crippen molar-refractivity contribution in [3.8, 4) is 0 Å². The Hall–Kier alpha value is -3.61. The fourth-order valence-corrected chi connectivity index (χ4v) is 2.48. The fourth-order valence-electron chi connectivity index (χ4n) is 2.48. The molecule has 4 N–H and O–H groups in total. The molecule has 26 heavy (non-hydrogen) atoms. The van der Waals surface area contributed by atoms with Gasteiger partial charge in [-0.1, -0.05) is 18.2 Å². The molecule has 0 atom stereocenters. The van der Waals surface area contributed by atoms with Crippen molar-refractivity contribution >= 4 is 34.4 Å². The number of aromatic amines is 1. The maximum Gasteiger partial charge on any atom is 0.305 e. The van der Waals surface area contributed by atoms with Gasteiger partial charge in [-0.05, 0) is 36.4 Å². The van der Waals surface area contributed by atoms with Crippen molar-refractivity contribution in [2.75, 3.05) is 11.9 Å². The molecule has 0 bridgehead atoms. The summed E-state index contributed by atoms with van der Waals surface area (Å²) in [5.41, 5.74) is 2.27. The van der Waals surface area contributed by atoms with Crippen LogP contribution in [0, 0.1) is 0 Å². The number of amides is 2. The molecule has 3 aromatic rings. The number of rotatable bonds is 6. The number of carbonyl (C=O) groups is 3. The third kappa shape index (κ3) is 4.07. The molecular formula is C19H17N3O4. The van der Waals surface area contributed by atoms with Gasteiger partial charge in [0.15, 0.2) is 0 Å². The molecule has 0 fully saturated rings. The Balaban J connectivity index is 1.62. The number of benzene rings is 2. The van der Waals surface area contributed by atoms with Crippen LogP contribution in [0.1, 0.15) is 27.3 Å². The quantitative estimate of drug-likeness (QED) is 0.547. The average Bonchev–Trinajstić information content (AvgIpc) is 3.06. The maximum absolute atomic E-state index is 12.3. The number of carboxylic acid groups (broad SMARTS) is 1. The highest BCUT2D eigenvalue weighted by Gasteiger charge is 2.11. The van der Waals surface area contributed by atoms with Gasteiger partial charge in [-0.25, -0.2) is 0 Å². The Morgan fingerprint density at radius 3 is 2.38 bits per heavy atom. The van der Waals surface area contributed by atoms with Crippen LogP contribution in [0.3, 0.4) is 0 Å². The van der Waals surface area contributed by atoms with E-state index in [0.717, 1.165) is 10.9 Å². The molecule has 0 radical (unpaired) electrons. The summed E-state index contributed by atoms with van der Waals surface area (Å²) >= 11 is 0. The molecule has 0 unspecified atom stereocenters. The summed E-state index contributed by atoms with van der Waals surface area (Å²) in [5.74, 6) is -1.61. The number of hydrogen-bond acceptors (Lipinski definition) is 3. The highest BCUT2D eigenvalue weighted by Crippen LogP contribution is 2.16. The minimum atomic E-state index is -0.972. The number of H-pyrrole nitrogens is 1. The topological polar surface area (TPSA) is 111 Å². The Kier molecular flexibility index (Phi) is 4.98. The second-order valence-electron chi connectivity index (χ2n) is 5.70. The zero-order valence-electron chi connectivity index (χ0n) is 13.8. The maximum atomic E-state index is 12.3. The van der Waals surface area contributed by atoms with Gasteiger partial charge in [0.05, 0.1) is 6.42 Å². The molecule has 0 saturated carbocycles. The minimum Gasteiger partial charge on any atom is -0.481 e. The second kappa shape index (κ2) is 7.52. The smallest absolute Gasteiger partial charge is 0.305 e. The molecule has 1 aromatic heterocycles. The number of nitrogens with one attached hydrogen (secondary N) is 3. The lowest BCUT2D eigenvalue weighted by Gasteiger charge is -2.06. The van der Waals surface area contributed by atoms with Gasteiger partial charge in [-0.2, -0.15) is 0 Å². The molecule has 1 heterocycles. The summed E-state index contributed by atoms with van der Waals surface area (Å²) in [6.07, 6.45) is -0.135. The molecule has 0 spiro atoms. The number of hydrogen-bond donors (Lipinski definition) is 4. The molecule has 3 rings (SSSR count). The fraction of sp³-hybridized carbons (Fsp3) is 0.105. The van der Waals surface area contributed by atoms with Gasteiger partial charge in [-0.15, -0.1) is 0 Å². The van der Waals surface area contributed by atoms with Gasteiger partial charge in [-0.3, -0.25) is 14.4 Å². The van der Waals surface area contributed by atoms with Crippen LogP contribution in [0.4, 0.5) is 5.69 Å². The average molecular weight is 351 g/mol. The van der Waals surface area contributed by atoms with E-state index in [9.17, 15) is 14.4 Å². The zero-order chi connectivity index (χ0) is 18.5. The highest BCUT2D eigenvalue weighted by atomic mass is 16.4. The molecule has 132 valence electrons. The molecule has 7 nitrogen and oxygen atoms in total. The van der Waals surface area contributed by atoms with Crippen molar-refractivity contribution in [2.45, 2.75) is 6.42 Å². The van der Waals surface area contributed by atoms with Gasteiger partial charge in [0.1, 0.15) is 5.69 Å². The second-order valence-corrected chi connectivity index (χ2v) is 5.70. The van der Waals surface area contributed by atoms with Crippen molar-refractivity contribution in [2.24, 2.45) is 0 Å². The Morgan fingerprint density at radius 1 is 0.962 bits per heavy atom. The number of aliphatic carboxylic acids is 1. The van der Waals surface area contributed by atoms with Crippen LogP contribution in [0.5, 0.6) is 0 Å². The van der Waals surface area contributed by atoms with Crippen LogP contribution in [-0.2, 0) is 4.79 Å². The van der Waals surface area contributed by atoms with Crippen LogP contribution in [0.25, 0.3) is 10.9 Å². The van der Waals surface area contributed by atoms with E-state index in [-0.39, 0.29) is 24.8 Å². The van der Waals surface area contributed by atoms with Crippen molar-refractivity contribution in [1.29, 1.82) is 0 Å². The minimum absolute atomic E-state index is 0.0625. The summed E-state index contributed by atoms with van der Waals surface area (Å²) in [6.45, 7) is 0.0625. The van der Waals surface area contributed by atoms with Crippen LogP contribution < -0.4 is 10.6 Å². The Morgan fingerprint density at radius 2 is 1.69 bits per heavy atom. The van der Waals surface area contributed by atoms with Crippen LogP contribution in [0.2, 0.25) is 0 Å². The summed E-state index contributed by atoms with van der Waals surface area (Å²) in [4.78, 5) is 37.7. The molecule has 0 aliphatic rings. The summed E-state index contributed by atoms with van der Waals surface area (Å²) in [5, 5.41) is 14.8. The van der Waals surface area contributed by atoms with E-state index in [1.165, 1.54) is 0 Å². The first-order chi connectivity index (χ1) is 12.5. The molecule has 0 saturated heterocycles. The van der Waals surface area contributed by atoms with Crippen LogP contribution >= 0.6 is 0 Å². The molecular weight excluding hydrogens is 334 g/mol. The first-order valence-electron chi connectivity index (χ1n) is 8.02. The summed E-state index contributed by atoms with van der Waals surface area (Å²) < 4.78 is 0. The van der Waals surface area contributed by atoms with E-state index in [1.54, 1.807) is 30.3 Å². The van der Waals surface area contributed by atoms with E-state index in [0.29, 0.717) is 16.9 Å². The van der Waals surface area contributed by atoms with Gasteiger partial charge < -0.3 is 20.7 Å². The lowest BCUT2D eigenvalue weighted by Crippen LogP contribution is -2.25. The first kappa shape index (κ1) is 17.2. The van der Waals surface area contributed by atoms with Gasteiger partial charge in [0.25, 0.3) is 11.8 Å². The SMILES string of the molecule is O=C(O)CCNC(=O)c1ccc(NC(=O)c2cc3ccccc3[nH]2)cc1. The van der Waals surface area contributed by atoms with E-state index in [2.05, 4.69) is 15.6 Å². The number of carbonyl (C=O) groups excluding carboxylic acids is 2. The standard InChI is InChI=1S/C19H17N3O4/c23-17(24)9-10-20-18(25)12-5-7-14(8-6-12)21-19(26)16-11-13-3-1-2-4-15(13)22-16/h1-8,11,22H,9-10H2,(H,20,25)(H,21,26)(H,23,24). The number of fused-ring (bicyclic) bond motifs is 1. The first-order valence-corrected chi connectivity index (χ1v) is 8.02. The van der Waals surface area contributed by atoms with E-state index in [4.69, 9.17) is 5.11 Å². The lowest BCUT2D eigenvalue weighted by atomic mass is 10.2. The van der Waals surface area contributed by atoms with Gasteiger partial charge in [0, 0.05) is 28.7 Å². The summed E-state index contributed by atoms with van der Waals surface area (Å²) in [7, 11) is 0. The van der Waals surface area contributed by atoms with Crippen LogP contribution in [0.15, 0.2) is 54.6 Å². The van der Waals surface area contributed by atoms with Crippen molar-refractivity contribution in [3.63, 3.8) is 0 Å². The van der Waals surface area contributed by atoms with E-state index >= 15 is 0 Å². The normalized spacial score (nSPS) is 10.5. The highest BCUT2D eigenvalue weighted by molar-refractivity contribution is 6.06. The van der Waals surface area contributed by atoms with Crippen molar-refractivity contribution < 1.29 is 19.5 Å². The third-order valence-corrected chi connectivity index (χ3v) is 3.80. The molecule has 7 heteroatoms. The van der Waals surface area contributed by atoms with E-state index < -0.39 is 5.97 Å². The Labute approximate surface area is 149 Å². The van der Waals surface area contributed by atoms with Crippen molar-refractivity contribution in [1.82, 2.24) is 10.3 Å². The molecule has 2 aromatic carbocycles. The largest absolute Gasteiger partial charge is 0.481 e. The summed E-state index contributed by atoms with van der Waals surface area (Å²) in [6, 6.07) is 15.7. The monoisotopic (exact) mass is 351 g/mol. The lowest BCUT2D eigenvalue weighted by molar-refractivity contribution is -0.136. The van der Waals surface area contributed by atoms with Crippen molar-refractivity contribution in [3.05, 3.63) is 65.9 Å². The number of carboxylic acids is 1.